The van der Waals surface area contributed by atoms with E-state index < -0.39 is 0 Å². The van der Waals surface area contributed by atoms with E-state index in [2.05, 4.69) is 29.6 Å². The summed E-state index contributed by atoms with van der Waals surface area (Å²) in [6.07, 6.45) is 2.08. The Kier molecular flexibility index (Phi) is 3.17. The number of ketones is 1. The molecule has 1 aromatic rings. The highest BCUT2D eigenvalue weighted by molar-refractivity contribution is 5.78. The largest absolute Gasteiger partial charge is 0.309 e. The lowest BCUT2D eigenvalue weighted by atomic mass is 9.89. The molecule has 0 aromatic heterocycles. The van der Waals surface area contributed by atoms with Gasteiger partial charge in [-0.15, -0.1) is 0 Å². The molecule has 2 atom stereocenters. The molecule has 0 saturated carbocycles. The van der Waals surface area contributed by atoms with E-state index in [9.17, 15) is 4.79 Å². The lowest BCUT2D eigenvalue weighted by Gasteiger charge is -2.28. The SMILES string of the molecule is CC(=O)C1CC[C@@H](c2ccccc2)NC1. The third kappa shape index (κ3) is 2.45. The van der Waals surface area contributed by atoms with Crippen molar-refractivity contribution in [2.24, 2.45) is 5.92 Å². The van der Waals surface area contributed by atoms with Crippen molar-refractivity contribution in [3.63, 3.8) is 0 Å². The quantitative estimate of drug-likeness (QED) is 0.799. The zero-order valence-electron chi connectivity index (χ0n) is 9.07. The minimum Gasteiger partial charge on any atom is -0.309 e. The Morgan fingerprint density at radius 1 is 1.27 bits per heavy atom. The number of hydrogen-bond donors (Lipinski definition) is 1. The number of piperidine rings is 1. The van der Waals surface area contributed by atoms with Gasteiger partial charge in [-0.05, 0) is 25.3 Å². The maximum atomic E-state index is 11.2. The van der Waals surface area contributed by atoms with E-state index >= 15 is 0 Å². The van der Waals surface area contributed by atoms with Gasteiger partial charge in [-0.3, -0.25) is 4.79 Å². The molecule has 2 rings (SSSR count). The fourth-order valence-electron chi connectivity index (χ4n) is 2.17. The maximum absolute atomic E-state index is 11.2. The second-order valence-electron chi connectivity index (χ2n) is 4.26. The number of carbonyl (C=O) groups excluding carboxylic acids is 1. The zero-order chi connectivity index (χ0) is 10.7. The number of nitrogens with one attached hydrogen (secondary N) is 1. The van der Waals surface area contributed by atoms with Gasteiger partial charge in [0.15, 0.2) is 0 Å². The summed E-state index contributed by atoms with van der Waals surface area (Å²) in [6.45, 7) is 2.52. The van der Waals surface area contributed by atoms with Crippen LogP contribution in [0.25, 0.3) is 0 Å². The minimum absolute atomic E-state index is 0.227. The summed E-state index contributed by atoms with van der Waals surface area (Å²) in [4.78, 5) is 11.2. The first-order valence-corrected chi connectivity index (χ1v) is 5.56. The average Bonchev–Trinajstić information content (AvgIpc) is 2.30. The first kappa shape index (κ1) is 10.4. The van der Waals surface area contributed by atoms with E-state index in [-0.39, 0.29) is 5.92 Å². The van der Waals surface area contributed by atoms with Crippen LogP contribution in [0.1, 0.15) is 31.4 Å². The van der Waals surface area contributed by atoms with E-state index in [0.717, 1.165) is 19.4 Å². The molecule has 80 valence electrons. The van der Waals surface area contributed by atoms with Crippen LogP contribution in [0.15, 0.2) is 30.3 Å². The summed E-state index contributed by atoms with van der Waals surface area (Å²) in [5.41, 5.74) is 1.33. The molecule has 0 amide bonds. The van der Waals surface area contributed by atoms with Crippen molar-refractivity contribution in [3.8, 4) is 0 Å². The van der Waals surface area contributed by atoms with Gasteiger partial charge < -0.3 is 5.32 Å². The van der Waals surface area contributed by atoms with Crippen LogP contribution in [0, 0.1) is 5.92 Å². The molecule has 1 fully saturated rings. The molecular formula is C13H17NO. The first-order valence-electron chi connectivity index (χ1n) is 5.56. The maximum Gasteiger partial charge on any atom is 0.134 e. The topological polar surface area (TPSA) is 29.1 Å². The Morgan fingerprint density at radius 2 is 2.00 bits per heavy atom. The van der Waals surface area contributed by atoms with E-state index in [1.54, 1.807) is 6.92 Å². The van der Waals surface area contributed by atoms with Gasteiger partial charge in [0.2, 0.25) is 0 Å². The molecule has 1 heterocycles. The molecule has 2 nitrogen and oxygen atoms in total. The molecule has 0 spiro atoms. The highest BCUT2D eigenvalue weighted by Crippen LogP contribution is 2.25. The standard InChI is InChI=1S/C13H17NO/c1-10(15)12-7-8-13(14-9-12)11-5-3-2-4-6-11/h2-6,12-14H,7-9H2,1H3/t12?,13-/m0/s1. The Morgan fingerprint density at radius 3 is 2.53 bits per heavy atom. The third-order valence-corrected chi connectivity index (χ3v) is 3.19. The minimum atomic E-state index is 0.227. The van der Waals surface area contributed by atoms with Gasteiger partial charge in [0.1, 0.15) is 5.78 Å². The van der Waals surface area contributed by atoms with Crippen LogP contribution in [-0.2, 0) is 4.79 Å². The van der Waals surface area contributed by atoms with Crippen LogP contribution < -0.4 is 5.32 Å². The summed E-state index contributed by atoms with van der Waals surface area (Å²) < 4.78 is 0. The summed E-state index contributed by atoms with van der Waals surface area (Å²) in [5, 5.41) is 3.45. The van der Waals surface area contributed by atoms with Crippen LogP contribution in [-0.4, -0.2) is 12.3 Å². The second-order valence-corrected chi connectivity index (χ2v) is 4.26. The van der Waals surface area contributed by atoms with Gasteiger partial charge in [0.05, 0.1) is 0 Å². The van der Waals surface area contributed by atoms with Crippen molar-refractivity contribution in [1.29, 1.82) is 0 Å². The van der Waals surface area contributed by atoms with E-state index in [4.69, 9.17) is 0 Å². The predicted octanol–water partition coefficient (Wildman–Crippen LogP) is 2.32. The molecule has 1 N–H and O–H groups in total. The Bertz CT molecular complexity index is 326. The van der Waals surface area contributed by atoms with Gasteiger partial charge in [-0.2, -0.15) is 0 Å². The molecular weight excluding hydrogens is 186 g/mol. The lowest BCUT2D eigenvalue weighted by Crippen LogP contribution is -2.36. The normalized spacial score (nSPS) is 26.2. The van der Waals surface area contributed by atoms with Crippen LogP contribution >= 0.6 is 0 Å². The third-order valence-electron chi connectivity index (χ3n) is 3.19. The average molecular weight is 203 g/mol. The van der Waals surface area contributed by atoms with Gasteiger partial charge in [0, 0.05) is 18.5 Å². The molecule has 1 unspecified atom stereocenters. The summed E-state index contributed by atoms with van der Waals surface area (Å²) in [7, 11) is 0. The monoisotopic (exact) mass is 203 g/mol. The second kappa shape index (κ2) is 4.58. The molecule has 2 heteroatoms. The first-order chi connectivity index (χ1) is 7.27. The van der Waals surface area contributed by atoms with Gasteiger partial charge in [-0.1, -0.05) is 30.3 Å². The number of Topliss-reactive ketones (excluding diaryl/α,β-unsaturated/α-hetero) is 1. The van der Waals surface area contributed by atoms with Crippen LogP contribution in [0.3, 0.4) is 0 Å². The molecule has 1 aliphatic rings. The number of hydrogen-bond acceptors (Lipinski definition) is 2. The number of rotatable bonds is 2. The highest BCUT2D eigenvalue weighted by atomic mass is 16.1. The van der Waals surface area contributed by atoms with Gasteiger partial charge in [-0.25, -0.2) is 0 Å². The van der Waals surface area contributed by atoms with E-state index in [1.165, 1.54) is 5.56 Å². The van der Waals surface area contributed by atoms with Crippen molar-refractivity contribution < 1.29 is 4.79 Å². The molecule has 1 aromatic carbocycles. The van der Waals surface area contributed by atoms with Crippen molar-refractivity contribution in [2.45, 2.75) is 25.8 Å². The van der Waals surface area contributed by atoms with Crippen LogP contribution in [0.5, 0.6) is 0 Å². The number of benzene rings is 1. The Balaban J connectivity index is 1.97. The molecule has 0 radical (unpaired) electrons. The summed E-state index contributed by atoms with van der Waals surface area (Å²) in [6, 6.07) is 10.9. The van der Waals surface area contributed by atoms with Crippen LogP contribution in [0.2, 0.25) is 0 Å². The lowest BCUT2D eigenvalue weighted by molar-refractivity contribution is -0.121. The molecule has 0 bridgehead atoms. The van der Waals surface area contributed by atoms with E-state index in [1.807, 2.05) is 6.07 Å². The zero-order valence-corrected chi connectivity index (χ0v) is 9.07. The van der Waals surface area contributed by atoms with Gasteiger partial charge in [0.25, 0.3) is 0 Å². The molecule has 1 aliphatic heterocycles. The highest BCUT2D eigenvalue weighted by Gasteiger charge is 2.23. The summed E-state index contributed by atoms with van der Waals surface area (Å²) >= 11 is 0. The van der Waals surface area contributed by atoms with Gasteiger partial charge >= 0.3 is 0 Å². The Labute approximate surface area is 90.7 Å². The molecule has 1 saturated heterocycles. The number of carbonyl (C=O) groups is 1. The fourth-order valence-corrected chi connectivity index (χ4v) is 2.17. The van der Waals surface area contributed by atoms with Crippen molar-refractivity contribution in [1.82, 2.24) is 5.32 Å². The predicted molar refractivity (Wildman–Crippen MR) is 60.6 cm³/mol. The Hall–Kier alpha value is -1.15. The van der Waals surface area contributed by atoms with Crippen molar-refractivity contribution >= 4 is 5.78 Å². The fraction of sp³-hybridized carbons (Fsp3) is 0.462. The summed E-state index contributed by atoms with van der Waals surface area (Å²) in [5.74, 6) is 0.541. The molecule has 0 aliphatic carbocycles. The van der Waals surface area contributed by atoms with E-state index in [0.29, 0.717) is 11.8 Å². The van der Waals surface area contributed by atoms with Crippen molar-refractivity contribution in [3.05, 3.63) is 35.9 Å². The molecule has 15 heavy (non-hydrogen) atoms. The van der Waals surface area contributed by atoms with Crippen molar-refractivity contribution in [2.75, 3.05) is 6.54 Å². The smallest absolute Gasteiger partial charge is 0.134 e. The van der Waals surface area contributed by atoms with Crippen LogP contribution in [0.4, 0.5) is 0 Å².